The Bertz CT molecular complexity index is 1320. The van der Waals surface area contributed by atoms with Gasteiger partial charge in [0.1, 0.15) is 5.82 Å². The van der Waals surface area contributed by atoms with Crippen LogP contribution >= 0.6 is 0 Å². The van der Waals surface area contributed by atoms with Crippen LogP contribution in [0.15, 0.2) is 53.3 Å². The molecule has 194 valence electrons. The lowest BCUT2D eigenvalue weighted by Gasteiger charge is -2.20. The largest absolute Gasteiger partial charge is 0.346 e. The molecule has 0 amide bonds. The summed E-state index contributed by atoms with van der Waals surface area (Å²) in [5.41, 5.74) is 4.16. The first-order valence-electron chi connectivity index (χ1n) is 13.8. The van der Waals surface area contributed by atoms with E-state index in [0.29, 0.717) is 12.4 Å². The number of rotatable bonds is 11. The van der Waals surface area contributed by atoms with Crippen LogP contribution in [0.5, 0.6) is 0 Å². The lowest BCUT2D eigenvalue weighted by Crippen LogP contribution is -2.27. The van der Waals surface area contributed by atoms with Gasteiger partial charge in [0.15, 0.2) is 0 Å². The zero-order valence-electron chi connectivity index (χ0n) is 21.8. The van der Waals surface area contributed by atoms with Gasteiger partial charge in [0.25, 0.3) is 0 Å². The van der Waals surface area contributed by atoms with Gasteiger partial charge < -0.3 is 0 Å². The van der Waals surface area contributed by atoms with Gasteiger partial charge in [0.2, 0.25) is 5.82 Å². The molecule has 8 heteroatoms. The number of nitrogens with one attached hydrogen (secondary N) is 1. The van der Waals surface area contributed by atoms with Crippen LogP contribution in [0.3, 0.4) is 0 Å². The van der Waals surface area contributed by atoms with Crippen LogP contribution in [0.2, 0.25) is 0 Å². The van der Waals surface area contributed by atoms with Crippen molar-refractivity contribution in [2.24, 2.45) is 5.92 Å². The van der Waals surface area contributed by atoms with Gasteiger partial charge in [-0.3, -0.25) is 4.57 Å². The Hall–Kier alpha value is -3.55. The third kappa shape index (κ3) is 6.06. The molecule has 1 aliphatic rings. The summed E-state index contributed by atoms with van der Waals surface area (Å²) in [6.07, 6.45) is 11.8. The van der Waals surface area contributed by atoms with Crippen LogP contribution in [0.25, 0.3) is 22.5 Å². The fourth-order valence-electron chi connectivity index (χ4n) is 5.47. The monoisotopic (exact) mass is 499 g/mol. The fraction of sp³-hybridized carbons (Fsp3) is 0.483. The summed E-state index contributed by atoms with van der Waals surface area (Å²) >= 11 is 0. The summed E-state index contributed by atoms with van der Waals surface area (Å²) in [6, 6.07) is 16.4. The Labute approximate surface area is 218 Å². The molecule has 4 aromatic rings. The van der Waals surface area contributed by atoms with Gasteiger partial charge in [0.05, 0.1) is 6.54 Å². The molecule has 37 heavy (non-hydrogen) atoms. The Balaban J connectivity index is 1.35. The highest BCUT2D eigenvalue weighted by molar-refractivity contribution is 5.80. The molecule has 1 saturated carbocycles. The molecule has 0 aliphatic heterocycles. The molecule has 0 radical (unpaired) electrons. The summed E-state index contributed by atoms with van der Waals surface area (Å²) < 4.78 is 3.62. The van der Waals surface area contributed by atoms with E-state index >= 15 is 0 Å². The molecular weight excluding hydrogens is 462 g/mol. The third-order valence-corrected chi connectivity index (χ3v) is 7.60. The minimum absolute atomic E-state index is 0.0221. The van der Waals surface area contributed by atoms with Gasteiger partial charge in [-0.25, -0.2) is 9.48 Å². The van der Waals surface area contributed by atoms with Crippen molar-refractivity contribution in [3.05, 3.63) is 70.4 Å². The molecule has 1 fully saturated rings. The number of aromatic amines is 1. The molecule has 0 spiro atoms. The van der Waals surface area contributed by atoms with Crippen molar-refractivity contribution in [1.29, 1.82) is 0 Å². The number of tetrazole rings is 1. The molecule has 0 unspecified atom stereocenters. The number of benzene rings is 2. The molecule has 2 aromatic heterocycles. The summed E-state index contributed by atoms with van der Waals surface area (Å²) in [4.78, 5) is 13.4. The van der Waals surface area contributed by atoms with Crippen molar-refractivity contribution >= 4 is 0 Å². The van der Waals surface area contributed by atoms with E-state index in [2.05, 4.69) is 57.9 Å². The maximum atomic E-state index is 13.4. The van der Waals surface area contributed by atoms with Gasteiger partial charge in [0, 0.05) is 18.5 Å². The maximum Gasteiger partial charge on any atom is 0.346 e. The highest BCUT2D eigenvalue weighted by Gasteiger charge is 2.18. The smallest absolute Gasteiger partial charge is 0.274 e. The summed E-state index contributed by atoms with van der Waals surface area (Å²) in [5.74, 6) is 2.22. The molecule has 0 bridgehead atoms. The average Bonchev–Trinajstić information content (AvgIpc) is 3.58. The van der Waals surface area contributed by atoms with E-state index < -0.39 is 0 Å². The second-order valence-electron chi connectivity index (χ2n) is 10.2. The maximum absolute atomic E-state index is 13.4. The predicted molar refractivity (Wildman–Crippen MR) is 145 cm³/mol. The zero-order chi connectivity index (χ0) is 25.5. The minimum Gasteiger partial charge on any atom is -0.274 e. The quantitative estimate of drug-likeness (QED) is 0.269. The van der Waals surface area contributed by atoms with Crippen LogP contribution in [-0.4, -0.2) is 35.0 Å². The first kappa shape index (κ1) is 25.1. The van der Waals surface area contributed by atoms with Gasteiger partial charge in [-0.15, -0.1) is 10.2 Å². The van der Waals surface area contributed by atoms with Crippen LogP contribution in [0.1, 0.15) is 76.1 Å². The topological polar surface area (TPSA) is 94.3 Å². The average molecular weight is 500 g/mol. The molecule has 0 atom stereocenters. The molecule has 8 nitrogen and oxygen atoms in total. The third-order valence-electron chi connectivity index (χ3n) is 7.60. The number of hydrogen-bond acceptors (Lipinski definition) is 5. The standard InChI is InChI=1S/C29H37N7O/c1-2-3-5-14-27-32-36(20-19-22-10-6-4-7-11-22)29(37)35(27)21-23-15-17-24(18-16-23)25-12-8-9-13-26(25)28-30-33-34-31-28/h8-9,12-13,15-18,22H,2-7,10-11,14,19-21H2,1H3,(H,30,31,33,34). The van der Waals surface area contributed by atoms with Gasteiger partial charge in [-0.05, 0) is 40.7 Å². The molecular formula is C29H37N7O. The zero-order valence-corrected chi connectivity index (χ0v) is 21.8. The lowest BCUT2D eigenvalue weighted by molar-refractivity contribution is 0.316. The van der Waals surface area contributed by atoms with Crippen LogP contribution in [0.4, 0.5) is 0 Å². The number of hydrogen-bond donors (Lipinski definition) is 1. The first-order chi connectivity index (χ1) is 18.2. The second kappa shape index (κ2) is 12.1. The van der Waals surface area contributed by atoms with Crippen molar-refractivity contribution in [2.75, 3.05) is 0 Å². The van der Waals surface area contributed by atoms with Crippen molar-refractivity contribution in [3.8, 4) is 22.5 Å². The van der Waals surface area contributed by atoms with E-state index in [0.717, 1.165) is 72.6 Å². The molecule has 2 aromatic carbocycles. The summed E-state index contributed by atoms with van der Waals surface area (Å²) in [7, 11) is 0. The Kier molecular flexibility index (Phi) is 8.23. The van der Waals surface area contributed by atoms with Gasteiger partial charge >= 0.3 is 5.69 Å². The fourth-order valence-corrected chi connectivity index (χ4v) is 5.47. The van der Waals surface area contributed by atoms with E-state index in [1.807, 2.05) is 22.8 Å². The van der Waals surface area contributed by atoms with Crippen LogP contribution < -0.4 is 5.69 Å². The summed E-state index contributed by atoms with van der Waals surface area (Å²) in [5, 5.41) is 19.3. The first-order valence-corrected chi connectivity index (χ1v) is 13.8. The SMILES string of the molecule is CCCCCc1nn(CCC2CCCCC2)c(=O)n1Cc1ccc(-c2ccccc2-c2nn[nH]n2)cc1. The number of nitrogens with zero attached hydrogens (tertiary/aromatic N) is 6. The van der Waals surface area contributed by atoms with E-state index in [4.69, 9.17) is 5.10 Å². The summed E-state index contributed by atoms with van der Waals surface area (Å²) in [6.45, 7) is 3.47. The number of H-pyrrole nitrogens is 1. The number of aryl methyl sites for hydroxylation is 2. The second-order valence-corrected chi connectivity index (χ2v) is 10.2. The van der Waals surface area contributed by atoms with Crippen molar-refractivity contribution < 1.29 is 0 Å². The van der Waals surface area contributed by atoms with Gasteiger partial charge in [-0.2, -0.15) is 10.3 Å². The van der Waals surface area contributed by atoms with E-state index in [-0.39, 0.29) is 5.69 Å². The molecule has 1 aliphatic carbocycles. The van der Waals surface area contributed by atoms with E-state index in [1.165, 1.54) is 32.1 Å². The molecule has 5 rings (SSSR count). The number of unbranched alkanes of at least 4 members (excludes halogenated alkanes) is 2. The van der Waals surface area contributed by atoms with Crippen molar-refractivity contribution in [2.45, 2.75) is 84.2 Å². The highest BCUT2D eigenvalue weighted by atomic mass is 16.2. The molecule has 1 N–H and O–H groups in total. The normalized spacial score (nSPS) is 14.3. The van der Waals surface area contributed by atoms with Crippen LogP contribution in [-0.2, 0) is 19.5 Å². The number of aromatic nitrogens is 7. The Morgan fingerprint density at radius 3 is 2.49 bits per heavy atom. The van der Waals surface area contributed by atoms with Crippen molar-refractivity contribution in [3.63, 3.8) is 0 Å². The van der Waals surface area contributed by atoms with Crippen molar-refractivity contribution in [1.82, 2.24) is 35.0 Å². The van der Waals surface area contributed by atoms with Gasteiger partial charge in [-0.1, -0.05) is 100 Å². The van der Waals surface area contributed by atoms with Crippen LogP contribution in [0, 0.1) is 5.92 Å². The minimum atomic E-state index is 0.0221. The Morgan fingerprint density at radius 2 is 1.76 bits per heavy atom. The molecule has 2 heterocycles. The Morgan fingerprint density at radius 1 is 0.973 bits per heavy atom. The predicted octanol–water partition coefficient (Wildman–Crippen LogP) is 5.64. The van der Waals surface area contributed by atoms with E-state index in [1.54, 1.807) is 4.68 Å². The molecule has 0 saturated heterocycles. The highest BCUT2D eigenvalue weighted by Crippen LogP contribution is 2.30. The van der Waals surface area contributed by atoms with E-state index in [9.17, 15) is 4.79 Å². The lowest BCUT2D eigenvalue weighted by atomic mass is 9.87.